The van der Waals surface area contributed by atoms with E-state index in [4.69, 9.17) is 23.2 Å². The van der Waals surface area contributed by atoms with E-state index in [2.05, 4.69) is 25.0 Å². The molecule has 0 fully saturated rings. The molecule has 6 nitrogen and oxygen atoms in total. The molecular weight excluding hydrogens is 423 g/mol. The highest BCUT2D eigenvalue weighted by Gasteiger charge is 2.20. The molecular formula is C19H13Cl2F2N5O. The van der Waals surface area contributed by atoms with Crippen LogP contribution in [-0.2, 0) is 6.54 Å². The smallest absolute Gasteiger partial charge is 0.387 e. The number of anilines is 2. The number of benzene rings is 2. The van der Waals surface area contributed by atoms with Gasteiger partial charge in [-0.05, 0) is 24.3 Å². The summed E-state index contributed by atoms with van der Waals surface area (Å²) in [6.45, 7) is -2.60. The summed E-state index contributed by atoms with van der Waals surface area (Å²) < 4.78 is 31.6. The minimum atomic E-state index is -2.94. The Labute approximate surface area is 174 Å². The second-order valence-corrected chi connectivity index (χ2v) is 6.78. The molecule has 2 aliphatic rings. The number of halogens is 4. The molecule has 2 heterocycles. The van der Waals surface area contributed by atoms with Gasteiger partial charge in [-0.2, -0.15) is 8.78 Å². The number of aromatic nitrogens is 4. The molecule has 0 amide bonds. The van der Waals surface area contributed by atoms with Gasteiger partial charge in [-0.1, -0.05) is 41.4 Å². The molecule has 2 aromatic rings. The standard InChI is InChI=1S/C19H13Cl2F2N5O/c20-12-4-3-5-13(21)11(12)8-28-10-26-17(16-18(28)25-9-24-16)27-14-6-1-2-7-15(14)29-19(22)23/h1-7,9-10,19,27H,8H2. The van der Waals surface area contributed by atoms with Gasteiger partial charge in [-0.25, -0.2) is 15.0 Å². The normalized spacial score (nSPS) is 11.2. The third-order valence-electron chi connectivity index (χ3n) is 4.15. The van der Waals surface area contributed by atoms with Crippen LogP contribution in [-0.4, -0.2) is 26.1 Å². The largest absolute Gasteiger partial charge is 0.433 e. The molecule has 0 saturated heterocycles. The van der Waals surface area contributed by atoms with Crippen molar-refractivity contribution < 1.29 is 13.5 Å². The van der Waals surface area contributed by atoms with Gasteiger partial charge >= 0.3 is 6.61 Å². The molecule has 0 aliphatic carbocycles. The van der Waals surface area contributed by atoms with Gasteiger partial charge in [0, 0.05) is 15.6 Å². The molecule has 0 spiro atoms. The van der Waals surface area contributed by atoms with Gasteiger partial charge in [0.25, 0.3) is 0 Å². The maximum atomic E-state index is 12.7. The van der Waals surface area contributed by atoms with Crippen LogP contribution >= 0.6 is 23.2 Å². The lowest BCUT2D eigenvalue weighted by Gasteiger charge is -2.17. The lowest BCUT2D eigenvalue weighted by Crippen LogP contribution is -2.10. The second kappa shape index (κ2) is 8.18. The fraction of sp³-hybridized carbons (Fsp3) is 0.105. The zero-order chi connectivity index (χ0) is 20.4. The van der Waals surface area contributed by atoms with Gasteiger partial charge in [0.05, 0.1) is 18.6 Å². The molecule has 0 atom stereocenters. The summed E-state index contributed by atoms with van der Waals surface area (Å²) in [7, 11) is 0. The first kappa shape index (κ1) is 19.4. The summed E-state index contributed by atoms with van der Waals surface area (Å²) in [5, 5.41) is 4.04. The number of para-hydroxylation sites is 2. The Morgan fingerprint density at radius 1 is 1.00 bits per heavy atom. The van der Waals surface area contributed by atoms with E-state index in [-0.39, 0.29) is 5.75 Å². The summed E-state index contributed by atoms with van der Waals surface area (Å²) in [5.41, 5.74) is 1.52. The van der Waals surface area contributed by atoms with Crippen LogP contribution in [0.15, 0.2) is 55.1 Å². The Balaban J connectivity index is 1.67. The van der Waals surface area contributed by atoms with E-state index in [1.165, 1.54) is 12.4 Å². The minimum Gasteiger partial charge on any atom is -0.433 e. The van der Waals surface area contributed by atoms with Crippen molar-refractivity contribution in [3.8, 4) is 17.3 Å². The van der Waals surface area contributed by atoms with Gasteiger partial charge < -0.3 is 14.6 Å². The fourth-order valence-corrected chi connectivity index (χ4v) is 3.35. The highest BCUT2D eigenvalue weighted by Crippen LogP contribution is 2.33. The van der Waals surface area contributed by atoms with Crippen LogP contribution in [0.3, 0.4) is 0 Å². The number of ether oxygens (including phenoxy) is 1. The molecule has 1 N–H and O–H groups in total. The number of alkyl halides is 2. The van der Waals surface area contributed by atoms with E-state index in [0.717, 1.165) is 5.56 Å². The van der Waals surface area contributed by atoms with Gasteiger partial charge in [0.2, 0.25) is 0 Å². The lowest BCUT2D eigenvalue weighted by atomic mass is 10.2. The maximum Gasteiger partial charge on any atom is 0.387 e. The number of hydrogen-bond donors (Lipinski definition) is 1. The van der Waals surface area contributed by atoms with Gasteiger partial charge in [-0.3, -0.25) is 0 Å². The van der Waals surface area contributed by atoms with Gasteiger partial charge in [0.15, 0.2) is 17.3 Å². The van der Waals surface area contributed by atoms with Crippen molar-refractivity contribution in [1.82, 2.24) is 19.5 Å². The van der Waals surface area contributed by atoms with Crippen molar-refractivity contribution in [2.45, 2.75) is 13.2 Å². The summed E-state index contributed by atoms with van der Waals surface area (Å²) >= 11 is 12.5. The third-order valence-corrected chi connectivity index (χ3v) is 4.86. The summed E-state index contributed by atoms with van der Waals surface area (Å²) in [6, 6.07) is 11.6. The van der Waals surface area contributed by atoms with Crippen LogP contribution in [0.5, 0.6) is 5.75 Å². The molecule has 148 valence electrons. The molecule has 2 aromatic carbocycles. The molecule has 2 aliphatic heterocycles. The Morgan fingerprint density at radius 3 is 2.52 bits per heavy atom. The van der Waals surface area contributed by atoms with E-state index in [9.17, 15) is 8.78 Å². The molecule has 4 rings (SSSR count). The highest BCUT2D eigenvalue weighted by molar-refractivity contribution is 6.36. The van der Waals surface area contributed by atoms with Gasteiger partial charge in [0.1, 0.15) is 12.1 Å². The molecule has 0 bridgehead atoms. The number of rotatable bonds is 6. The average Bonchev–Trinajstić information content (AvgIpc) is 3.18. The van der Waals surface area contributed by atoms with Crippen molar-refractivity contribution in [1.29, 1.82) is 0 Å². The highest BCUT2D eigenvalue weighted by atomic mass is 35.5. The van der Waals surface area contributed by atoms with Gasteiger partial charge in [-0.15, -0.1) is 0 Å². The van der Waals surface area contributed by atoms with Crippen LogP contribution in [0.25, 0.3) is 11.5 Å². The number of hydrogen-bond acceptors (Lipinski definition) is 5. The number of fused-ring (bicyclic) bond motifs is 1. The molecule has 0 aromatic heterocycles. The van der Waals surface area contributed by atoms with Crippen LogP contribution < -0.4 is 10.1 Å². The van der Waals surface area contributed by atoms with Crippen molar-refractivity contribution in [2.24, 2.45) is 0 Å². The van der Waals surface area contributed by atoms with E-state index in [1.54, 1.807) is 47.3 Å². The van der Waals surface area contributed by atoms with Crippen molar-refractivity contribution in [2.75, 3.05) is 5.32 Å². The van der Waals surface area contributed by atoms with E-state index >= 15 is 0 Å². The predicted molar refractivity (Wildman–Crippen MR) is 106 cm³/mol. The van der Waals surface area contributed by atoms with Crippen LogP contribution in [0, 0.1) is 0 Å². The summed E-state index contributed by atoms with van der Waals surface area (Å²) in [5.74, 6) is 0.881. The molecule has 0 radical (unpaired) electrons. The minimum absolute atomic E-state index is 0.00320. The van der Waals surface area contributed by atoms with E-state index in [0.29, 0.717) is 39.6 Å². The first-order valence-corrected chi connectivity index (χ1v) is 9.18. The molecule has 0 unspecified atom stereocenters. The van der Waals surface area contributed by atoms with Crippen molar-refractivity contribution in [3.63, 3.8) is 0 Å². The number of nitrogens with zero attached hydrogens (tertiary/aromatic N) is 4. The molecule has 10 heteroatoms. The maximum absolute atomic E-state index is 12.7. The number of imidazole rings is 1. The third kappa shape index (κ3) is 4.08. The van der Waals surface area contributed by atoms with Crippen molar-refractivity contribution in [3.05, 3.63) is 70.7 Å². The Kier molecular flexibility index (Phi) is 5.46. The SMILES string of the molecule is FC(F)Oc1ccccc1Nc1ncn(Cc2c(Cl)cccc2Cl)c2ncnc1-2. The van der Waals surface area contributed by atoms with E-state index < -0.39 is 6.61 Å². The summed E-state index contributed by atoms with van der Waals surface area (Å²) in [4.78, 5) is 12.9. The quantitative estimate of drug-likeness (QED) is 0.434. The van der Waals surface area contributed by atoms with E-state index in [1.807, 2.05) is 0 Å². The zero-order valence-electron chi connectivity index (χ0n) is 14.7. The fourth-order valence-electron chi connectivity index (χ4n) is 2.84. The Morgan fingerprint density at radius 2 is 1.76 bits per heavy atom. The predicted octanol–water partition coefficient (Wildman–Crippen LogP) is 5.48. The Hall–Kier alpha value is -2.97. The summed E-state index contributed by atoms with van der Waals surface area (Å²) in [6.07, 6.45) is 2.94. The lowest BCUT2D eigenvalue weighted by molar-refractivity contribution is -0.0493. The first-order chi connectivity index (χ1) is 14.0. The van der Waals surface area contributed by atoms with Crippen molar-refractivity contribution >= 4 is 34.7 Å². The molecule has 0 saturated carbocycles. The first-order valence-electron chi connectivity index (χ1n) is 8.42. The van der Waals surface area contributed by atoms with Crippen LogP contribution in [0.2, 0.25) is 10.0 Å². The Bertz CT molecular complexity index is 1100. The second-order valence-electron chi connectivity index (χ2n) is 5.97. The van der Waals surface area contributed by atoms with Crippen LogP contribution in [0.1, 0.15) is 5.56 Å². The van der Waals surface area contributed by atoms with Crippen LogP contribution in [0.4, 0.5) is 20.3 Å². The number of nitrogens with one attached hydrogen (secondary N) is 1. The zero-order valence-corrected chi connectivity index (χ0v) is 16.2. The monoisotopic (exact) mass is 435 g/mol. The molecule has 29 heavy (non-hydrogen) atoms. The topological polar surface area (TPSA) is 64.9 Å². The average molecular weight is 436 g/mol.